The Balaban J connectivity index is 1.57. The van der Waals surface area contributed by atoms with Gasteiger partial charge in [-0.2, -0.15) is 0 Å². The maximum absolute atomic E-state index is 9.53. The van der Waals surface area contributed by atoms with Crippen molar-refractivity contribution in [1.82, 2.24) is 9.88 Å². The zero-order valence-electron chi connectivity index (χ0n) is 12.2. The van der Waals surface area contributed by atoms with Crippen LogP contribution in [0.25, 0.3) is 10.9 Å². The van der Waals surface area contributed by atoms with Crippen LogP contribution in [0, 0.1) is 5.92 Å². The van der Waals surface area contributed by atoms with Crippen LogP contribution in [-0.2, 0) is 13.6 Å². The van der Waals surface area contributed by atoms with Crippen molar-refractivity contribution in [2.75, 3.05) is 6.54 Å². The molecule has 0 bridgehead atoms. The van der Waals surface area contributed by atoms with E-state index < -0.39 is 0 Å². The normalized spacial score (nSPS) is 23.3. The molecule has 0 spiro atoms. The Morgan fingerprint density at radius 2 is 1.95 bits per heavy atom. The highest BCUT2D eigenvalue weighted by Gasteiger charge is 2.18. The summed E-state index contributed by atoms with van der Waals surface area (Å²) in [7, 11) is 2.11. The number of rotatable bonds is 4. The van der Waals surface area contributed by atoms with Crippen LogP contribution in [0.2, 0.25) is 0 Å². The minimum Gasteiger partial charge on any atom is -0.393 e. The Morgan fingerprint density at radius 3 is 2.75 bits per heavy atom. The summed E-state index contributed by atoms with van der Waals surface area (Å²) < 4.78 is 2.20. The summed E-state index contributed by atoms with van der Waals surface area (Å²) in [5, 5.41) is 14.5. The maximum Gasteiger partial charge on any atom is 0.0540 e. The SMILES string of the molecule is Cn1cc(CNCC2CCC(O)CC2)c2ccccc21. The average molecular weight is 272 g/mol. The number of hydrogen-bond donors (Lipinski definition) is 2. The second-order valence-electron chi connectivity index (χ2n) is 6.09. The molecule has 20 heavy (non-hydrogen) atoms. The molecule has 0 unspecified atom stereocenters. The number of hydrogen-bond acceptors (Lipinski definition) is 2. The lowest BCUT2D eigenvalue weighted by Crippen LogP contribution is -2.27. The van der Waals surface area contributed by atoms with E-state index in [1.165, 1.54) is 16.5 Å². The molecule has 1 saturated carbocycles. The first-order valence-corrected chi connectivity index (χ1v) is 7.66. The second-order valence-corrected chi connectivity index (χ2v) is 6.09. The molecule has 3 heteroatoms. The van der Waals surface area contributed by atoms with Crippen LogP contribution in [0.15, 0.2) is 30.5 Å². The van der Waals surface area contributed by atoms with Crippen LogP contribution in [-0.4, -0.2) is 22.3 Å². The molecule has 1 aliphatic carbocycles. The first kappa shape index (κ1) is 13.7. The molecule has 1 fully saturated rings. The predicted molar refractivity (Wildman–Crippen MR) is 82.6 cm³/mol. The van der Waals surface area contributed by atoms with Crippen molar-refractivity contribution in [3.05, 3.63) is 36.0 Å². The van der Waals surface area contributed by atoms with Crippen molar-refractivity contribution in [3.63, 3.8) is 0 Å². The van der Waals surface area contributed by atoms with Crippen molar-refractivity contribution in [3.8, 4) is 0 Å². The number of aryl methyl sites for hydroxylation is 1. The van der Waals surface area contributed by atoms with Crippen molar-refractivity contribution in [2.45, 2.75) is 38.3 Å². The third-order valence-corrected chi connectivity index (χ3v) is 4.54. The van der Waals surface area contributed by atoms with Crippen LogP contribution in [0.5, 0.6) is 0 Å². The third-order valence-electron chi connectivity index (χ3n) is 4.54. The van der Waals surface area contributed by atoms with E-state index in [4.69, 9.17) is 0 Å². The number of para-hydroxylation sites is 1. The topological polar surface area (TPSA) is 37.2 Å². The highest BCUT2D eigenvalue weighted by molar-refractivity contribution is 5.83. The molecular weight excluding hydrogens is 248 g/mol. The van der Waals surface area contributed by atoms with Gasteiger partial charge in [-0.25, -0.2) is 0 Å². The van der Waals surface area contributed by atoms with Crippen molar-refractivity contribution >= 4 is 10.9 Å². The van der Waals surface area contributed by atoms with Crippen molar-refractivity contribution < 1.29 is 5.11 Å². The summed E-state index contributed by atoms with van der Waals surface area (Å²) in [5.41, 5.74) is 2.67. The summed E-state index contributed by atoms with van der Waals surface area (Å²) in [6.45, 7) is 2.00. The van der Waals surface area contributed by atoms with Gasteiger partial charge in [-0.05, 0) is 49.8 Å². The Hall–Kier alpha value is -1.32. The van der Waals surface area contributed by atoms with Crippen LogP contribution < -0.4 is 5.32 Å². The van der Waals surface area contributed by atoms with Gasteiger partial charge in [-0.15, -0.1) is 0 Å². The monoisotopic (exact) mass is 272 g/mol. The van der Waals surface area contributed by atoms with Crippen LogP contribution >= 0.6 is 0 Å². The number of nitrogens with zero attached hydrogens (tertiary/aromatic N) is 1. The van der Waals surface area contributed by atoms with E-state index in [-0.39, 0.29) is 6.10 Å². The fourth-order valence-electron chi connectivity index (χ4n) is 3.33. The second kappa shape index (κ2) is 5.98. The summed E-state index contributed by atoms with van der Waals surface area (Å²) in [4.78, 5) is 0. The molecule has 2 aromatic rings. The summed E-state index contributed by atoms with van der Waals surface area (Å²) in [6.07, 6.45) is 6.43. The predicted octanol–water partition coefficient (Wildman–Crippen LogP) is 2.82. The van der Waals surface area contributed by atoms with Crippen LogP contribution in [0.1, 0.15) is 31.2 Å². The Kier molecular flexibility index (Phi) is 4.08. The van der Waals surface area contributed by atoms with Crippen LogP contribution in [0.4, 0.5) is 0 Å². The van der Waals surface area contributed by atoms with Gasteiger partial charge in [-0.3, -0.25) is 0 Å². The zero-order chi connectivity index (χ0) is 13.9. The van der Waals surface area contributed by atoms with Gasteiger partial charge in [0.15, 0.2) is 0 Å². The van der Waals surface area contributed by atoms with Gasteiger partial charge in [0.25, 0.3) is 0 Å². The molecule has 1 aliphatic rings. The van der Waals surface area contributed by atoms with Gasteiger partial charge in [-0.1, -0.05) is 18.2 Å². The van der Waals surface area contributed by atoms with E-state index in [0.717, 1.165) is 44.7 Å². The molecule has 108 valence electrons. The number of aliphatic hydroxyl groups excluding tert-OH is 1. The fourth-order valence-corrected chi connectivity index (χ4v) is 3.33. The quantitative estimate of drug-likeness (QED) is 0.898. The number of nitrogens with one attached hydrogen (secondary N) is 1. The van der Waals surface area contributed by atoms with Gasteiger partial charge in [0, 0.05) is 30.7 Å². The van der Waals surface area contributed by atoms with Gasteiger partial charge < -0.3 is 15.0 Å². The Labute approximate surface area is 120 Å². The minimum atomic E-state index is -0.0516. The lowest BCUT2D eigenvalue weighted by atomic mass is 9.87. The highest BCUT2D eigenvalue weighted by Crippen LogP contribution is 2.24. The van der Waals surface area contributed by atoms with E-state index in [9.17, 15) is 5.11 Å². The number of benzene rings is 1. The van der Waals surface area contributed by atoms with Gasteiger partial charge in [0.1, 0.15) is 0 Å². The van der Waals surface area contributed by atoms with Gasteiger partial charge in [0.05, 0.1) is 6.10 Å². The Morgan fingerprint density at radius 1 is 1.20 bits per heavy atom. The molecule has 3 rings (SSSR count). The number of aromatic nitrogens is 1. The zero-order valence-corrected chi connectivity index (χ0v) is 12.2. The molecule has 2 N–H and O–H groups in total. The molecule has 0 radical (unpaired) electrons. The van der Waals surface area contributed by atoms with Gasteiger partial charge in [0.2, 0.25) is 0 Å². The molecule has 1 aromatic heterocycles. The average Bonchev–Trinajstić information content (AvgIpc) is 2.79. The van der Waals surface area contributed by atoms with E-state index >= 15 is 0 Å². The molecule has 3 nitrogen and oxygen atoms in total. The summed E-state index contributed by atoms with van der Waals surface area (Å²) >= 11 is 0. The van der Waals surface area contributed by atoms with Gasteiger partial charge >= 0.3 is 0 Å². The maximum atomic E-state index is 9.53. The van der Waals surface area contributed by atoms with E-state index in [0.29, 0.717) is 0 Å². The lowest BCUT2D eigenvalue weighted by Gasteiger charge is -2.25. The van der Waals surface area contributed by atoms with Crippen LogP contribution in [0.3, 0.4) is 0 Å². The molecule has 0 saturated heterocycles. The van der Waals surface area contributed by atoms with Crippen molar-refractivity contribution in [2.24, 2.45) is 13.0 Å². The third kappa shape index (κ3) is 2.89. The van der Waals surface area contributed by atoms with E-state index in [1.807, 2.05) is 0 Å². The number of fused-ring (bicyclic) bond motifs is 1. The summed E-state index contributed by atoms with van der Waals surface area (Å²) in [5.74, 6) is 0.730. The molecule has 0 aliphatic heterocycles. The molecule has 1 aromatic carbocycles. The highest BCUT2D eigenvalue weighted by atomic mass is 16.3. The first-order valence-electron chi connectivity index (χ1n) is 7.66. The first-order chi connectivity index (χ1) is 9.74. The number of aliphatic hydroxyl groups is 1. The van der Waals surface area contributed by atoms with E-state index in [2.05, 4.69) is 47.4 Å². The largest absolute Gasteiger partial charge is 0.393 e. The molecule has 1 heterocycles. The molecule has 0 atom stereocenters. The van der Waals surface area contributed by atoms with Crippen molar-refractivity contribution in [1.29, 1.82) is 0 Å². The minimum absolute atomic E-state index is 0.0516. The lowest BCUT2D eigenvalue weighted by molar-refractivity contribution is 0.108. The standard InChI is InChI=1S/C17H24N2O/c1-19-12-14(16-4-2-3-5-17(16)19)11-18-10-13-6-8-15(20)9-7-13/h2-5,12-13,15,18,20H,6-11H2,1H3. The molecule has 0 amide bonds. The van der Waals surface area contributed by atoms with E-state index in [1.54, 1.807) is 0 Å². The molecular formula is C17H24N2O. The smallest absolute Gasteiger partial charge is 0.0540 e. The summed E-state index contributed by atoms with van der Waals surface area (Å²) in [6, 6.07) is 8.56. The fraction of sp³-hybridized carbons (Fsp3) is 0.529. The Bertz CT molecular complexity index is 567.